The van der Waals surface area contributed by atoms with Gasteiger partial charge in [0.05, 0.1) is 11.8 Å². The molecule has 0 aromatic carbocycles. The molecule has 110 valence electrons. The lowest BCUT2D eigenvalue weighted by Gasteiger charge is -2.13. The summed E-state index contributed by atoms with van der Waals surface area (Å²) in [6, 6.07) is 3.07. The number of ether oxygens (including phenoxy) is 1. The summed E-state index contributed by atoms with van der Waals surface area (Å²) < 4.78 is 7.13. The van der Waals surface area contributed by atoms with Crippen molar-refractivity contribution in [1.82, 2.24) is 4.57 Å². The number of nitrogens with one attached hydrogen (secondary N) is 1. The lowest BCUT2D eigenvalue weighted by atomic mass is 10.2. The van der Waals surface area contributed by atoms with Crippen LogP contribution < -0.4 is 16.6 Å². The highest BCUT2D eigenvalue weighted by molar-refractivity contribution is 5.94. The zero-order chi connectivity index (χ0) is 14.5. The number of rotatable bonds is 5. The second-order valence-corrected chi connectivity index (χ2v) is 5.00. The van der Waals surface area contributed by atoms with Crippen LogP contribution in [0.5, 0.6) is 0 Å². The lowest BCUT2D eigenvalue weighted by Crippen LogP contribution is -2.30. The van der Waals surface area contributed by atoms with Crippen molar-refractivity contribution < 1.29 is 9.53 Å². The largest absolute Gasteiger partial charge is 0.364 e. The van der Waals surface area contributed by atoms with E-state index in [1.54, 1.807) is 16.8 Å². The van der Waals surface area contributed by atoms with Gasteiger partial charge in [-0.05, 0) is 25.3 Å². The fourth-order valence-corrected chi connectivity index (χ4v) is 2.32. The molecule has 1 amide bonds. The Balaban J connectivity index is 2.01. The minimum absolute atomic E-state index is 0.0280. The van der Waals surface area contributed by atoms with Crippen molar-refractivity contribution in [1.29, 1.82) is 0 Å². The van der Waals surface area contributed by atoms with E-state index >= 15 is 0 Å². The Kier molecular flexibility index (Phi) is 4.92. The maximum atomic E-state index is 12.1. The number of nitrogens with zero attached hydrogens (tertiary/aromatic N) is 1. The summed E-state index contributed by atoms with van der Waals surface area (Å²) in [5.41, 5.74) is 6.07. The third-order valence-corrected chi connectivity index (χ3v) is 3.38. The van der Waals surface area contributed by atoms with Crippen LogP contribution in [0.15, 0.2) is 23.1 Å². The molecule has 2 heterocycles. The highest BCUT2D eigenvalue weighted by Gasteiger charge is 2.29. The quantitative estimate of drug-likeness (QED) is 0.831. The molecule has 1 saturated heterocycles. The van der Waals surface area contributed by atoms with Gasteiger partial charge in [-0.1, -0.05) is 6.92 Å². The maximum absolute atomic E-state index is 12.1. The fourth-order valence-electron chi connectivity index (χ4n) is 2.32. The van der Waals surface area contributed by atoms with Gasteiger partial charge in [-0.3, -0.25) is 9.59 Å². The van der Waals surface area contributed by atoms with Crippen molar-refractivity contribution in [2.45, 2.75) is 44.9 Å². The highest BCUT2D eigenvalue weighted by Crippen LogP contribution is 2.20. The van der Waals surface area contributed by atoms with E-state index in [0.29, 0.717) is 25.2 Å². The number of carbonyl (C=O) groups is 1. The van der Waals surface area contributed by atoms with Gasteiger partial charge in [0, 0.05) is 25.4 Å². The smallest absolute Gasteiger partial charge is 0.253 e. The van der Waals surface area contributed by atoms with E-state index in [2.05, 4.69) is 5.32 Å². The van der Waals surface area contributed by atoms with Gasteiger partial charge in [0.1, 0.15) is 6.10 Å². The van der Waals surface area contributed by atoms with E-state index in [9.17, 15) is 9.59 Å². The molecule has 1 aliphatic heterocycles. The Hall–Kier alpha value is -1.66. The van der Waals surface area contributed by atoms with Gasteiger partial charge in [-0.2, -0.15) is 0 Å². The first-order chi connectivity index (χ1) is 9.63. The minimum Gasteiger partial charge on any atom is -0.364 e. The lowest BCUT2D eigenvalue weighted by molar-refractivity contribution is -0.126. The number of carbonyl (C=O) groups excluding carboxylic acids is 1. The number of aryl methyl sites for hydroxylation is 1. The Labute approximate surface area is 117 Å². The first-order valence-electron chi connectivity index (χ1n) is 7.01. The van der Waals surface area contributed by atoms with Crippen LogP contribution in [0.2, 0.25) is 0 Å². The molecule has 0 radical (unpaired) electrons. The number of anilines is 1. The van der Waals surface area contributed by atoms with Gasteiger partial charge in [-0.15, -0.1) is 0 Å². The van der Waals surface area contributed by atoms with Gasteiger partial charge in [-0.25, -0.2) is 0 Å². The molecule has 6 nitrogen and oxygen atoms in total. The zero-order valence-electron chi connectivity index (χ0n) is 11.7. The Morgan fingerprint density at radius 2 is 2.30 bits per heavy atom. The van der Waals surface area contributed by atoms with Crippen LogP contribution in [0.4, 0.5) is 5.69 Å². The van der Waals surface area contributed by atoms with Crippen molar-refractivity contribution in [3.63, 3.8) is 0 Å². The average Bonchev–Trinajstić information content (AvgIpc) is 2.92. The molecule has 20 heavy (non-hydrogen) atoms. The molecule has 2 unspecified atom stereocenters. The zero-order valence-corrected chi connectivity index (χ0v) is 11.7. The predicted molar refractivity (Wildman–Crippen MR) is 76.6 cm³/mol. The van der Waals surface area contributed by atoms with Gasteiger partial charge < -0.3 is 20.4 Å². The van der Waals surface area contributed by atoms with Crippen molar-refractivity contribution in [2.24, 2.45) is 5.73 Å². The third kappa shape index (κ3) is 3.46. The van der Waals surface area contributed by atoms with E-state index in [4.69, 9.17) is 10.5 Å². The molecule has 3 N–H and O–H groups in total. The van der Waals surface area contributed by atoms with Crippen LogP contribution in [0.3, 0.4) is 0 Å². The second kappa shape index (κ2) is 6.67. The monoisotopic (exact) mass is 279 g/mol. The van der Waals surface area contributed by atoms with E-state index in [0.717, 1.165) is 12.8 Å². The van der Waals surface area contributed by atoms with Crippen LogP contribution >= 0.6 is 0 Å². The summed E-state index contributed by atoms with van der Waals surface area (Å²) in [6.45, 7) is 3.07. The standard InChI is InChI=1S/C14H21N3O3/c1-2-7-17-9-10(3-6-13(17)18)16-14(19)12-5-4-11(8-15)20-12/h3,6,9,11-12H,2,4-5,7-8,15H2,1H3,(H,16,19). The molecule has 0 spiro atoms. The molecule has 2 rings (SSSR count). The van der Waals surface area contributed by atoms with Crippen LogP contribution in [0.1, 0.15) is 26.2 Å². The normalized spacial score (nSPS) is 21.9. The van der Waals surface area contributed by atoms with Gasteiger partial charge in [0.2, 0.25) is 0 Å². The van der Waals surface area contributed by atoms with Gasteiger partial charge in [0.15, 0.2) is 0 Å². The SMILES string of the molecule is CCCn1cc(NC(=O)C2CCC(CN)O2)ccc1=O. The summed E-state index contributed by atoms with van der Waals surface area (Å²) in [4.78, 5) is 23.7. The number of hydrogen-bond acceptors (Lipinski definition) is 4. The second-order valence-electron chi connectivity index (χ2n) is 5.00. The van der Waals surface area contributed by atoms with Gasteiger partial charge in [0.25, 0.3) is 11.5 Å². The number of hydrogen-bond donors (Lipinski definition) is 2. The van der Waals surface area contributed by atoms with Crippen LogP contribution in [-0.4, -0.2) is 29.2 Å². The molecule has 2 atom stereocenters. The molecular formula is C14H21N3O3. The molecule has 6 heteroatoms. The average molecular weight is 279 g/mol. The first-order valence-corrected chi connectivity index (χ1v) is 7.01. The molecule has 1 aliphatic rings. The minimum atomic E-state index is -0.449. The molecule has 0 bridgehead atoms. The van der Waals surface area contributed by atoms with Crippen molar-refractivity contribution in [3.8, 4) is 0 Å². The first kappa shape index (κ1) is 14.7. The Morgan fingerprint density at radius 3 is 2.95 bits per heavy atom. The fraction of sp³-hybridized carbons (Fsp3) is 0.571. The number of pyridine rings is 1. The van der Waals surface area contributed by atoms with Crippen LogP contribution in [0.25, 0.3) is 0 Å². The summed E-state index contributed by atoms with van der Waals surface area (Å²) in [5.74, 6) is -0.178. The van der Waals surface area contributed by atoms with Crippen molar-refractivity contribution >= 4 is 11.6 Å². The molecule has 0 aliphatic carbocycles. The molecule has 1 aromatic rings. The van der Waals surface area contributed by atoms with E-state index < -0.39 is 6.10 Å². The van der Waals surface area contributed by atoms with Crippen molar-refractivity contribution in [2.75, 3.05) is 11.9 Å². The third-order valence-electron chi connectivity index (χ3n) is 3.38. The summed E-state index contributed by atoms with van der Waals surface area (Å²) in [6.07, 6.45) is 3.54. The Bertz CT molecular complexity index is 527. The van der Waals surface area contributed by atoms with Crippen LogP contribution in [-0.2, 0) is 16.1 Å². The predicted octanol–water partition coefficient (Wildman–Crippen LogP) is 0.703. The Morgan fingerprint density at radius 1 is 1.50 bits per heavy atom. The van der Waals surface area contributed by atoms with Gasteiger partial charge >= 0.3 is 0 Å². The highest BCUT2D eigenvalue weighted by atomic mass is 16.5. The van der Waals surface area contributed by atoms with Crippen LogP contribution in [0, 0.1) is 0 Å². The maximum Gasteiger partial charge on any atom is 0.253 e. The molecular weight excluding hydrogens is 258 g/mol. The van der Waals surface area contributed by atoms with Crippen molar-refractivity contribution in [3.05, 3.63) is 28.7 Å². The topological polar surface area (TPSA) is 86.3 Å². The molecule has 1 fully saturated rings. The molecule has 0 saturated carbocycles. The number of amides is 1. The van der Waals surface area contributed by atoms with E-state index in [1.165, 1.54) is 6.07 Å². The number of aromatic nitrogens is 1. The summed E-state index contributed by atoms with van der Waals surface area (Å²) in [5, 5.41) is 2.79. The van der Waals surface area contributed by atoms with E-state index in [1.807, 2.05) is 6.92 Å². The summed E-state index contributed by atoms with van der Waals surface area (Å²) in [7, 11) is 0. The molecule has 1 aromatic heterocycles. The summed E-state index contributed by atoms with van der Waals surface area (Å²) >= 11 is 0. The number of nitrogens with two attached hydrogens (primary N) is 1. The van der Waals surface area contributed by atoms with E-state index in [-0.39, 0.29) is 17.6 Å².